The maximum atomic E-state index is 13.0. The number of likely N-dealkylation sites (tertiary alicyclic amines) is 1. The summed E-state index contributed by atoms with van der Waals surface area (Å²) >= 11 is 12.3. The summed E-state index contributed by atoms with van der Waals surface area (Å²) in [7, 11) is 0. The normalized spacial score (nSPS) is 25.0. The number of aryl methyl sites for hydroxylation is 1. The van der Waals surface area contributed by atoms with Crippen molar-refractivity contribution >= 4 is 40.7 Å². The van der Waals surface area contributed by atoms with Gasteiger partial charge in [-0.05, 0) is 63.8 Å². The van der Waals surface area contributed by atoms with Crippen LogP contribution in [0.3, 0.4) is 0 Å². The number of carbonyl (C=O) groups excluding carboxylic acids is 2. The molecule has 0 aromatic heterocycles. The molecule has 1 aromatic rings. The highest BCUT2D eigenvalue weighted by Gasteiger charge is 2.44. The van der Waals surface area contributed by atoms with Crippen LogP contribution in [0.2, 0.25) is 5.02 Å². The number of halogens is 2. The Balaban J connectivity index is 2.01. The van der Waals surface area contributed by atoms with Gasteiger partial charge < -0.3 is 4.90 Å². The van der Waals surface area contributed by atoms with Gasteiger partial charge in [-0.2, -0.15) is 0 Å². The number of nitrogens with zero attached hydrogens (tertiary/aromatic N) is 2. The molecule has 2 atom stereocenters. The number of anilines is 1. The van der Waals surface area contributed by atoms with Crippen LogP contribution in [0.4, 0.5) is 5.69 Å². The van der Waals surface area contributed by atoms with E-state index in [1.165, 1.54) is 0 Å². The molecule has 24 heavy (non-hydrogen) atoms. The van der Waals surface area contributed by atoms with Crippen molar-refractivity contribution in [2.24, 2.45) is 0 Å². The smallest absolute Gasteiger partial charge is 0.283 e. The fraction of sp³-hybridized carbons (Fsp3) is 0.444. The first kappa shape index (κ1) is 17.3. The van der Waals surface area contributed by atoms with E-state index >= 15 is 0 Å². The maximum absolute atomic E-state index is 13.0. The predicted octanol–water partition coefficient (Wildman–Crippen LogP) is 4.23. The zero-order valence-corrected chi connectivity index (χ0v) is 15.5. The lowest BCUT2D eigenvalue weighted by molar-refractivity contribution is -0.121. The lowest BCUT2D eigenvalue weighted by Crippen LogP contribution is -2.46. The summed E-state index contributed by atoms with van der Waals surface area (Å²) in [5, 5.41) is 0.572. The molecule has 0 saturated carbocycles. The van der Waals surface area contributed by atoms with Gasteiger partial charge in [0.05, 0.1) is 5.69 Å². The molecule has 0 bridgehead atoms. The number of rotatable bonds is 2. The van der Waals surface area contributed by atoms with Gasteiger partial charge in [0.15, 0.2) is 0 Å². The summed E-state index contributed by atoms with van der Waals surface area (Å²) in [4.78, 5) is 28.9. The average molecular weight is 367 g/mol. The second-order valence-electron chi connectivity index (χ2n) is 6.58. The number of piperidine rings is 1. The highest BCUT2D eigenvalue weighted by atomic mass is 35.5. The molecule has 2 aliphatic rings. The number of imide groups is 1. The summed E-state index contributed by atoms with van der Waals surface area (Å²) in [5.74, 6) is -0.817. The summed E-state index contributed by atoms with van der Waals surface area (Å²) in [6.45, 7) is 5.96. The van der Waals surface area contributed by atoms with Gasteiger partial charge in [0.25, 0.3) is 11.8 Å². The first-order chi connectivity index (χ1) is 11.3. The summed E-state index contributed by atoms with van der Waals surface area (Å²) in [6.07, 6.45) is 3.09. The van der Waals surface area contributed by atoms with Gasteiger partial charge in [-0.15, -0.1) is 0 Å². The second kappa shape index (κ2) is 6.41. The quantitative estimate of drug-likeness (QED) is 0.735. The molecule has 2 aliphatic heterocycles. The van der Waals surface area contributed by atoms with Crippen molar-refractivity contribution in [3.8, 4) is 0 Å². The second-order valence-corrected chi connectivity index (χ2v) is 7.39. The minimum atomic E-state index is -0.466. The lowest BCUT2D eigenvalue weighted by atomic mass is 9.96. The van der Waals surface area contributed by atoms with Crippen LogP contribution in [0.15, 0.2) is 28.9 Å². The van der Waals surface area contributed by atoms with Gasteiger partial charge in [0.1, 0.15) is 10.7 Å². The van der Waals surface area contributed by atoms with E-state index < -0.39 is 5.91 Å². The van der Waals surface area contributed by atoms with Crippen LogP contribution in [-0.2, 0) is 9.59 Å². The van der Waals surface area contributed by atoms with Gasteiger partial charge in [-0.3, -0.25) is 9.59 Å². The van der Waals surface area contributed by atoms with Gasteiger partial charge in [-0.25, -0.2) is 4.90 Å². The van der Waals surface area contributed by atoms with E-state index in [1.54, 1.807) is 18.2 Å². The Hall–Kier alpha value is -1.52. The van der Waals surface area contributed by atoms with Gasteiger partial charge >= 0.3 is 0 Å². The molecular weight excluding hydrogens is 347 g/mol. The molecule has 0 aliphatic carbocycles. The molecule has 2 unspecified atom stereocenters. The molecule has 128 valence electrons. The Morgan fingerprint density at radius 3 is 2.25 bits per heavy atom. The van der Waals surface area contributed by atoms with E-state index in [2.05, 4.69) is 13.8 Å². The molecule has 1 fully saturated rings. The Labute approximate surface area is 152 Å². The molecular formula is C18H20Cl2N2O2. The van der Waals surface area contributed by atoms with Crippen LogP contribution < -0.4 is 4.90 Å². The molecule has 1 aromatic carbocycles. The van der Waals surface area contributed by atoms with Crippen molar-refractivity contribution in [2.75, 3.05) is 4.90 Å². The van der Waals surface area contributed by atoms with Gasteiger partial charge in [0, 0.05) is 17.1 Å². The zero-order chi connectivity index (χ0) is 17.6. The van der Waals surface area contributed by atoms with Crippen LogP contribution in [0.5, 0.6) is 0 Å². The van der Waals surface area contributed by atoms with E-state index in [4.69, 9.17) is 23.2 Å². The van der Waals surface area contributed by atoms with Crippen LogP contribution >= 0.6 is 23.2 Å². The van der Waals surface area contributed by atoms with Crippen molar-refractivity contribution in [3.63, 3.8) is 0 Å². The van der Waals surface area contributed by atoms with E-state index in [0.29, 0.717) is 16.4 Å². The van der Waals surface area contributed by atoms with Crippen molar-refractivity contribution in [1.29, 1.82) is 0 Å². The Morgan fingerprint density at radius 1 is 1.04 bits per heavy atom. The van der Waals surface area contributed by atoms with Gasteiger partial charge in [0.2, 0.25) is 0 Å². The van der Waals surface area contributed by atoms with Crippen LogP contribution in [0.25, 0.3) is 0 Å². The maximum Gasteiger partial charge on any atom is 0.283 e. The number of hydrogen-bond donors (Lipinski definition) is 0. The molecule has 0 spiro atoms. The molecule has 6 heteroatoms. The van der Waals surface area contributed by atoms with Crippen LogP contribution in [0, 0.1) is 6.92 Å². The van der Waals surface area contributed by atoms with E-state index in [0.717, 1.165) is 29.7 Å². The predicted molar refractivity (Wildman–Crippen MR) is 96.2 cm³/mol. The highest BCUT2D eigenvalue weighted by molar-refractivity contribution is 6.52. The molecule has 2 heterocycles. The SMILES string of the molecule is Cc1cc(Cl)ccc1N1C(=O)C(Cl)=C(N2C(C)CCCC2C)C1=O. The van der Waals surface area contributed by atoms with Crippen molar-refractivity contribution in [3.05, 3.63) is 39.5 Å². The third-order valence-electron chi connectivity index (χ3n) is 4.86. The van der Waals surface area contributed by atoms with Crippen molar-refractivity contribution < 1.29 is 9.59 Å². The molecule has 1 saturated heterocycles. The largest absolute Gasteiger partial charge is 0.360 e. The molecule has 0 N–H and O–H groups in total. The third-order valence-corrected chi connectivity index (χ3v) is 5.43. The van der Waals surface area contributed by atoms with Crippen molar-refractivity contribution in [2.45, 2.75) is 52.1 Å². The Bertz CT molecular complexity index is 735. The van der Waals surface area contributed by atoms with E-state index in [-0.39, 0.29) is 23.0 Å². The Morgan fingerprint density at radius 2 is 1.67 bits per heavy atom. The van der Waals surface area contributed by atoms with Crippen molar-refractivity contribution in [1.82, 2.24) is 4.90 Å². The van der Waals surface area contributed by atoms with Crippen LogP contribution in [0.1, 0.15) is 38.7 Å². The van der Waals surface area contributed by atoms with E-state index in [9.17, 15) is 9.59 Å². The Kier molecular flexibility index (Phi) is 4.63. The monoisotopic (exact) mass is 366 g/mol. The average Bonchev–Trinajstić information content (AvgIpc) is 2.72. The first-order valence-electron chi connectivity index (χ1n) is 8.16. The molecule has 3 rings (SSSR count). The summed E-state index contributed by atoms with van der Waals surface area (Å²) in [6, 6.07) is 5.45. The highest BCUT2D eigenvalue weighted by Crippen LogP contribution is 2.37. The first-order valence-corrected chi connectivity index (χ1v) is 8.91. The molecule has 2 amide bonds. The lowest BCUT2D eigenvalue weighted by Gasteiger charge is -2.41. The summed E-state index contributed by atoms with van der Waals surface area (Å²) < 4.78 is 0. The van der Waals surface area contributed by atoms with Crippen LogP contribution in [-0.4, -0.2) is 28.8 Å². The third kappa shape index (κ3) is 2.72. The molecule has 4 nitrogen and oxygen atoms in total. The zero-order valence-electron chi connectivity index (χ0n) is 14.0. The van der Waals surface area contributed by atoms with Gasteiger partial charge in [-0.1, -0.05) is 23.2 Å². The van der Waals surface area contributed by atoms with E-state index in [1.807, 2.05) is 11.8 Å². The fourth-order valence-corrected chi connectivity index (χ4v) is 4.16. The number of hydrogen-bond acceptors (Lipinski definition) is 3. The molecule has 0 radical (unpaired) electrons. The fourth-order valence-electron chi connectivity index (χ4n) is 3.67. The topological polar surface area (TPSA) is 40.6 Å². The number of carbonyl (C=O) groups is 2. The minimum absolute atomic E-state index is 0.00921. The number of amides is 2. The summed E-state index contributed by atoms with van der Waals surface area (Å²) in [5.41, 5.74) is 1.62. The number of benzene rings is 1. The standard InChI is InChI=1S/C18H20Cl2N2O2/c1-10-9-13(19)7-8-14(10)22-17(23)15(20)16(18(22)24)21-11(2)5-4-6-12(21)3/h7-9,11-12H,4-6H2,1-3H3. The minimum Gasteiger partial charge on any atom is -0.360 e.